The summed E-state index contributed by atoms with van der Waals surface area (Å²) in [5.41, 5.74) is 3.48. The van der Waals surface area contributed by atoms with E-state index in [1.165, 1.54) is 0 Å². The van der Waals surface area contributed by atoms with Gasteiger partial charge in [0.15, 0.2) is 5.60 Å². The normalized spacial score (nSPS) is 11.9. The van der Waals surface area contributed by atoms with Crippen molar-refractivity contribution in [3.63, 3.8) is 0 Å². The van der Waals surface area contributed by atoms with Crippen LogP contribution < -0.4 is 5.43 Å². The van der Waals surface area contributed by atoms with Crippen LogP contribution in [-0.2, 0) is 10.4 Å². The van der Waals surface area contributed by atoms with Crippen molar-refractivity contribution in [1.29, 1.82) is 0 Å². The van der Waals surface area contributed by atoms with Gasteiger partial charge in [0.2, 0.25) is 0 Å². The minimum Gasteiger partial charge on any atom is -0.372 e. The zero-order valence-electron chi connectivity index (χ0n) is 15.9. The van der Waals surface area contributed by atoms with Gasteiger partial charge in [0.1, 0.15) is 0 Å². The van der Waals surface area contributed by atoms with Crippen molar-refractivity contribution in [3.8, 4) is 0 Å². The molecule has 0 aliphatic rings. The van der Waals surface area contributed by atoms with Crippen molar-refractivity contribution in [2.24, 2.45) is 5.10 Å². The number of nitrogens with zero attached hydrogens (tertiary/aromatic N) is 1. The van der Waals surface area contributed by atoms with Crippen molar-refractivity contribution in [2.45, 2.75) is 25.4 Å². The molecule has 0 unspecified atom stereocenters. The standard InChI is InChI=1S/C24H24N2O2/c1-2-12-22(19-13-6-3-7-14-19)25-26-23(27)24(28,20-15-8-4-9-16-20)21-17-10-5-11-18-21/h3-11,13-18,28H,2,12H2,1H3,(H,26,27). The van der Waals surface area contributed by atoms with Gasteiger partial charge in [0.05, 0.1) is 5.71 Å². The van der Waals surface area contributed by atoms with Crippen LogP contribution in [-0.4, -0.2) is 16.7 Å². The Morgan fingerprint density at radius 3 is 1.79 bits per heavy atom. The maximum absolute atomic E-state index is 13.1. The van der Waals surface area contributed by atoms with Crippen molar-refractivity contribution in [1.82, 2.24) is 5.43 Å². The number of carbonyl (C=O) groups is 1. The summed E-state index contributed by atoms with van der Waals surface area (Å²) in [4.78, 5) is 13.1. The van der Waals surface area contributed by atoms with Crippen LogP contribution in [0.3, 0.4) is 0 Å². The second kappa shape index (κ2) is 9.11. The van der Waals surface area contributed by atoms with Gasteiger partial charge < -0.3 is 5.11 Å². The number of aliphatic hydroxyl groups is 1. The van der Waals surface area contributed by atoms with Gasteiger partial charge in [0.25, 0.3) is 5.91 Å². The number of hydrazone groups is 1. The molecule has 0 saturated heterocycles. The number of carbonyl (C=O) groups excluding carboxylic acids is 1. The molecule has 0 saturated carbocycles. The Bertz CT molecular complexity index is 883. The molecule has 4 nitrogen and oxygen atoms in total. The predicted molar refractivity (Wildman–Crippen MR) is 112 cm³/mol. The Hall–Kier alpha value is -3.24. The maximum atomic E-state index is 13.1. The Labute approximate surface area is 165 Å². The number of hydrogen-bond donors (Lipinski definition) is 2. The molecule has 0 aliphatic carbocycles. The van der Waals surface area contributed by atoms with E-state index in [0.717, 1.165) is 24.1 Å². The van der Waals surface area contributed by atoms with Crippen LogP contribution in [0, 0.1) is 0 Å². The Kier molecular flexibility index (Phi) is 6.35. The minimum absolute atomic E-state index is 0.491. The number of nitrogens with one attached hydrogen (secondary N) is 1. The molecule has 3 aromatic carbocycles. The van der Waals surface area contributed by atoms with Crippen LogP contribution in [0.1, 0.15) is 36.5 Å². The second-order valence-electron chi connectivity index (χ2n) is 6.56. The molecule has 0 fully saturated rings. The lowest BCUT2D eigenvalue weighted by atomic mass is 9.85. The van der Waals surface area contributed by atoms with E-state index in [9.17, 15) is 9.90 Å². The Morgan fingerprint density at radius 2 is 1.32 bits per heavy atom. The van der Waals surface area contributed by atoms with Gasteiger partial charge in [-0.25, -0.2) is 5.43 Å². The van der Waals surface area contributed by atoms with E-state index in [1.54, 1.807) is 48.5 Å². The summed E-state index contributed by atoms with van der Waals surface area (Å²) >= 11 is 0. The number of benzene rings is 3. The molecule has 0 atom stereocenters. The van der Waals surface area contributed by atoms with Gasteiger partial charge in [-0.15, -0.1) is 0 Å². The zero-order chi connectivity index (χ0) is 19.8. The molecule has 0 aromatic heterocycles. The average molecular weight is 372 g/mol. The quantitative estimate of drug-likeness (QED) is 0.481. The summed E-state index contributed by atoms with van der Waals surface area (Å²) in [6, 6.07) is 27.6. The first-order valence-corrected chi connectivity index (χ1v) is 9.42. The van der Waals surface area contributed by atoms with Crippen LogP contribution in [0.2, 0.25) is 0 Å². The Morgan fingerprint density at radius 1 is 0.857 bits per heavy atom. The number of hydrogen-bond acceptors (Lipinski definition) is 3. The highest BCUT2D eigenvalue weighted by Gasteiger charge is 2.39. The fourth-order valence-corrected chi connectivity index (χ4v) is 3.12. The van der Waals surface area contributed by atoms with E-state index in [0.29, 0.717) is 11.1 Å². The first-order valence-electron chi connectivity index (χ1n) is 9.42. The molecule has 3 aromatic rings. The first-order chi connectivity index (χ1) is 13.7. The molecule has 0 heterocycles. The van der Waals surface area contributed by atoms with Crippen LogP contribution in [0.15, 0.2) is 96.1 Å². The highest BCUT2D eigenvalue weighted by molar-refractivity contribution is 6.01. The van der Waals surface area contributed by atoms with E-state index in [-0.39, 0.29) is 0 Å². The average Bonchev–Trinajstić information content (AvgIpc) is 2.77. The van der Waals surface area contributed by atoms with E-state index in [4.69, 9.17) is 0 Å². The molecular formula is C24H24N2O2. The van der Waals surface area contributed by atoms with Crippen LogP contribution in [0.4, 0.5) is 0 Å². The first kappa shape index (κ1) is 19.5. The van der Waals surface area contributed by atoms with E-state index in [2.05, 4.69) is 17.5 Å². The Balaban J connectivity index is 1.96. The van der Waals surface area contributed by atoms with Gasteiger partial charge in [-0.3, -0.25) is 4.79 Å². The van der Waals surface area contributed by atoms with E-state index < -0.39 is 11.5 Å². The summed E-state index contributed by atoms with van der Waals surface area (Å²) in [6.45, 7) is 2.06. The molecule has 0 bridgehead atoms. The molecule has 28 heavy (non-hydrogen) atoms. The highest BCUT2D eigenvalue weighted by Crippen LogP contribution is 2.29. The summed E-state index contributed by atoms with van der Waals surface area (Å²) in [6.07, 6.45) is 1.62. The van der Waals surface area contributed by atoms with Crippen molar-refractivity contribution >= 4 is 11.6 Å². The van der Waals surface area contributed by atoms with E-state index >= 15 is 0 Å². The summed E-state index contributed by atoms with van der Waals surface area (Å²) < 4.78 is 0. The molecule has 3 rings (SSSR count). The van der Waals surface area contributed by atoms with Crippen molar-refractivity contribution in [3.05, 3.63) is 108 Å². The largest absolute Gasteiger partial charge is 0.372 e. The lowest BCUT2D eigenvalue weighted by molar-refractivity contribution is -0.136. The van der Waals surface area contributed by atoms with Gasteiger partial charge >= 0.3 is 0 Å². The smallest absolute Gasteiger partial charge is 0.281 e. The molecule has 1 amide bonds. The lowest BCUT2D eigenvalue weighted by Gasteiger charge is -2.27. The highest BCUT2D eigenvalue weighted by atomic mass is 16.3. The summed E-state index contributed by atoms with van der Waals surface area (Å²) in [5, 5.41) is 15.8. The van der Waals surface area contributed by atoms with E-state index in [1.807, 2.05) is 42.5 Å². The van der Waals surface area contributed by atoms with Crippen LogP contribution in [0.25, 0.3) is 0 Å². The lowest BCUT2D eigenvalue weighted by Crippen LogP contribution is -2.44. The maximum Gasteiger partial charge on any atom is 0.281 e. The molecule has 0 aliphatic heterocycles. The molecular weight excluding hydrogens is 348 g/mol. The van der Waals surface area contributed by atoms with Gasteiger partial charge in [-0.2, -0.15) is 5.10 Å². The topological polar surface area (TPSA) is 61.7 Å². The minimum atomic E-state index is -1.83. The molecule has 0 radical (unpaired) electrons. The third-order valence-electron chi connectivity index (χ3n) is 4.60. The van der Waals surface area contributed by atoms with Gasteiger partial charge in [-0.05, 0) is 23.1 Å². The molecule has 142 valence electrons. The second-order valence-corrected chi connectivity index (χ2v) is 6.56. The van der Waals surface area contributed by atoms with Gasteiger partial charge in [-0.1, -0.05) is 104 Å². The number of amides is 1. The third kappa shape index (κ3) is 4.18. The monoisotopic (exact) mass is 372 g/mol. The SMILES string of the molecule is CCCC(=NNC(=O)C(O)(c1ccccc1)c1ccccc1)c1ccccc1. The van der Waals surface area contributed by atoms with Crippen molar-refractivity contribution in [2.75, 3.05) is 0 Å². The number of rotatable bonds is 7. The zero-order valence-corrected chi connectivity index (χ0v) is 15.9. The fraction of sp³-hybridized carbons (Fsp3) is 0.167. The predicted octanol–water partition coefficient (Wildman–Crippen LogP) is 4.24. The van der Waals surface area contributed by atoms with Crippen LogP contribution in [0.5, 0.6) is 0 Å². The summed E-state index contributed by atoms with van der Waals surface area (Å²) in [7, 11) is 0. The van der Waals surface area contributed by atoms with Crippen LogP contribution >= 0.6 is 0 Å². The fourth-order valence-electron chi connectivity index (χ4n) is 3.12. The molecule has 0 spiro atoms. The van der Waals surface area contributed by atoms with Gasteiger partial charge in [0, 0.05) is 0 Å². The third-order valence-corrected chi connectivity index (χ3v) is 4.60. The molecule has 4 heteroatoms. The van der Waals surface area contributed by atoms with Crippen molar-refractivity contribution < 1.29 is 9.90 Å². The summed E-state index contributed by atoms with van der Waals surface area (Å²) in [5.74, 6) is -0.588. The molecule has 2 N–H and O–H groups in total.